The number of methoxy groups -OCH3 is 1. The predicted molar refractivity (Wildman–Crippen MR) is 76.6 cm³/mol. The van der Waals surface area contributed by atoms with E-state index in [1.165, 1.54) is 0 Å². The van der Waals surface area contributed by atoms with Gasteiger partial charge in [-0.05, 0) is 31.0 Å². The Morgan fingerprint density at radius 2 is 2.05 bits per heavy atom. The zero-order valence-electron chi connectivity index (χ0n) is 12.0. The van der Waals surface area contributed by atoms with Crippen molar-refractivity contribution in [2.45, 2.75) is 26.8 Å². The van der Waals surface area contributed by atoms with Gasteiger partial charge in [0.25, 0.3) is 0 Å². The molecular formula is C14H21N3O3. The maximum absolute atomic E-state index is 12.2. The number of benzene rings is 1. The Hall–Kier alpha value is -2.24. The average molecular weight is 279 g/mol. The summed E-state index contributed by atoms with van der Waals surface area (Å²) in [5.74, 6) is 0.397. The fourth-order valence-corrected chi connectivity index (χ4v) is 1.69. The maximum Gasteiger partial charge on any atom is 0.233 e. The van der Waals surface area contributed by atoms with Crippen molar-refractivity contribution >= 4 is 11.7 Å². The molecule has 1 atom stereocenters. The molecule has 0 bridgehead atoms. The number of amidine groups is 1. The molecule has 0 aliphatic heterocycles. The van der Waals surface area contributed by atoms with Crippen molar-refractivity contribution in [2.24, 2.45) is 16.3 Å². The zero-order chi connectivity index (χ0) is 15.2. The summed E-state index contributed by atoms with van der Waals surface area (Å²) >= 11 is 0. The second kappa shape index (κ2) is 6.79. The standard InChI is InChI=1S/C14H21N3O3/c1-4-14(2,12(15)17-19)13(18)16-9-10-5-7-11(20-3)8-6-10/h5-8,19H,4,9H2,1-3H3,(H2,15,17)(H,16,18). The van der Waals surface area contributed by atoms with Crippen LogP contribution in [0.5, 0.6) is 5.75 Å². The topological polar surface area (TPSA) is 96.9 Å². The highest BCUT2D eigenvalue weighted by molar-refractivity contribution is 6.06. The summed E-state index contributed by atoms with van der Waals surface area (Å²) in [6, 6.07) is 7.38. The van der Waals surface area contributed by atoms with Gasteiger partial charge < -0.3 is 21.0 Å². The fraction of sp³-hybridized carbons (Fsp3) is 0.429. The summed E-state index contributed by atoms with van der Waals surface area (Å²) < 4.78 is 5.07. The molecule has 1 aromatic carbocycles. The second-order valence-electron chi connectivity index (χ2n) is 4.70. The van der Waals surface area contributed by atoms with Crippen LogP contribution in [0.1, 0.15) is 25.8 Å². The van der Waals surface area contributed by atoms with Crippen LogP contribution in [-0.4, -0.2) is 24.1 Å². The molecule has 1 amide bonds. The van der Waals surface area contributed by atoms with Crippen molar-refractivity contribution in [2.75, 3.05) is 7.11 Å². The van der Waals surface area contributed by atoms with Crippen molar-refractivity contribution in [3.63, 3.8) is 0 Å². The lowest BCUT2D eigenvalue weighted by molar-refractivity contribution is -0.127. The fourth-order valence-electron chi connectivity index (χ4n) is 1.69. The molecule has 0 saturated heterocycles. The summed E-state index contributed by atoms with van der Waals surface area (Å²) in [5.41, 5.74) is 5.52. The van der Waals surface area contributed by atoms with Crippen molar-refractivity contribution in [1.82, 2.24) is 5.32 Å². The summed E-state index contributed by atoms with van der Waals surface area (Å²) in [6.45, 7) is 3.83. The predicted octanol–water partition coefficient (Wildman–Crippen LogP) is 1.47. The lowest BCUT2D eigenvalue weighted by Gasteiger charge is -2.25. The van der Waals surface area contributed by atoms with E-state index in [1.54, 1.807) is 14.0 Å². The van der Waals surface area contributed by atoms with Crippen LogP contribution in [0.2, 0.25) is 0 Å². The van der Waals surface area contributed by atoms with Crippen molar-refractivity contribution in [3.8, 4) is 5.75 Å². The van der Waals surface area contributed by atoms with Crippen molar-refractivity contribution < 1.29 is 14.7 Å². The molecular weight excluding hydrogens is 258 g/mol. The van der Waals surface area contributed by atoms with E-state index < -0.39 is 5.41 Å². The number of carbonyl (C=O) groups excluding carboxylic acids is 1. The molecule has 6 heteroatoms. The summed E-state index contributed by atoms with van der Waals surface area (Å²) in [7, 11) is 1.60. The van der Waals surface area contributed by atoms with Crippen LogP contribution in [0.25, 0.3) is 0 Å². The van der Waals surface area contributed by atoms with Crippen LogP contribution in [0.3, 0.4) is 0 Å². The van der Waals surface area contributed by atoms with Crippen molar-refractivity contribution in [1.29, 1.82) is 0 Å². The third-order valence-corrected chi connectivity index (χ3v) is 3.49. The van der Waals surface area contributed by atoms with E-state index in [4.69, 9.17) is 15.7 Å². The number of ether oxygens (including phenoxy) is 1. The van der Waals surface area contributed by atoms with Gasteiger partial charge >= 0.3 is 0 Å². The molecule has 20 heavy (non-hydrogen) atoms. The molecule has 0 aliphatic carbocycles. The highest BCUT2D eigenvalue weighted by atomic mass is 16.5. The Balaban J connectivity index is 2.70. The van der Waals surface area contributed by atoms with E-state index in [9.17, 15) is 4.79 Å². The molecule has 0 fully saturated rings. The molecule has 0 aliphatic rings. The third kappa shape index (κ3) is 3.40. The molecule has 0 heterocycles. The van der Waals surface area contributed by atoms with Crippen LogP contribution in [-0.2, 0) is 11.3 Å². The van der Waals surface area contributed by atoms with E-state index in [-0.39, 0.29) is 11.7 Å². The van der Waals surface area contributed by atoms with Crippen molar-refractivity contribution in [3.05, 3.63) is 29.8 Å². The Morgan fingerprint density at radius 3 is 2.50 bits per heavy atom. The quantitative estimate of drug-likeness (QED) is 0.318. The number of nitrogens with one attached hydrogen (secondary N) is 1. The van der Waals surface area contributed by atoms with Gasteiger partial charge in [0.1, 0.15) is 11.2 Å². The maximum atomic E-state index is 12.2. The molecule has 6 nitrogen and oxygen atoms in total. The van der Waals surface area contributed by atoms with E-state index in [1.807, 2.05) is 31.2 Å². The molecule has 4 N–H and O–H groups in total. The number of carbonyl (C=O) groups is 1. The minimum Gasteiger partial charge on any atom is -0.497 e. The third-order valence-electron chi connectivity index (χ3n) is 3.49. The highest BCUT2D eigenvalue weighted by Crippen LogP contribution is 2.21. The lowest BCUT2D eigenvalue weighted by Crippen LogP contribution is -2.47. The first kappa shape index (κ1) is 15.8. The molecule has 0 spiro atoms. The van der Waals surface area contributed by atoms with E-state index in [2.05, 4.69) is 10.5 Å². The molecule has 1 unspecified atom stereocenters. The van der Waals surface area contributed by atoms with Crippen LogP contribution < -0.4 is 15.8 Å². The Kier molecular flexibility index (Phi) is 5.37. The number of hydrogen-bond acceptors (Lipinski definition) is 4. The number of nitrogens with zero attached hydrogens (tertiary/aromatic N) is 1. The van der Waals surface area contributed by atoms with Crippen LogP contribution >= 0.6 is 0 Å². The molecule has 1 aromatic rings. The van der Waals surface area contributed by atoms with Gasteiger partial charge in [0.2, 0.25) is 5.91 Å². The molecule has 1 rings (SSSR count). The monoisotopic (exact) mass is 279 g/mol. The average Bonchev–Trinajstić information content (AvgIpc) is 2.51. The van der Waals surface area contributed by atoms with Gasteiger partial charge in [0.15, 0.2) is 5.84 Å². The van der Waals surface area contributed by atoms with Gasteiger partial charge in [-0.3, -0.25) is 4.79 Å². The molecule has 110 valence electrons. The van der Waals surface area contributed by atoms with Gasteiger partial charge in [0.05, 0.1) is 7.11 Å². The number of hydrogen-bond donors (Lipinski definition) is 3. The van der Waals surface area contributed by atoms with Gasteiger partial charge in [0, 0.05) is 6.54 Å². The molecule has 0 radical (unpaired) electrons. The Morgan fingerprint density at radius 1 is 1.45 bits per heavy atom. The van der Waals surface area contributed by atoms with E-state index >= 15 is 0 Å². The summed E-state index contributed by atoms with van der Waals surface area (Å²) in [4.78, 5) is 12.2. The Bertz CT molecular complexity index is 485. The first-order chi connectivity index (χ1) is 9.47. The first-order valence-corrected chi connectivity index (χ1v) is 6.37. The number of amides is 1. The largest absolute Gasteiger partial charge is 0.497 e. The molecule has 0 aromatic heterocycles. The minimum atomic E-state index is -1.01. The number of rotatable bonds is 6. The molecule has 0 saturated carbocycles. The van der Waals surface area contributed by atoms with Gasteiger partial charge in [-0.2, -0.15) is 0 Å². The number of nitrogens with two attached hydrogens (primary N) is 1. The zero-order valence-corrected chi connectivity index (χ0v) is 12.0. The van der Waals surface area contributed by atoms with Crippen LogP contribution in [0, 0.1) is 5.41 Å². The first-order valence-electron chi connectivity index (χ1n) is 6.37. The SMILES string of the molecule is CCC(C)(C(=O)NCc1ccc(OC)cc1)/C(N)=N/O. The highest BCUT2D eigenvalue weighted by Gasteiger charge is 2.36. The van der Waals surface area contributed by atoms with Gasteiger partial charge in [-0.1, -0.05) is 24.2 Å². The van der Waals surface area contributed by atoms with Crippen LogP contribution in [0.4, 0.5) is 0 Å². The lowest BCUT2D eigenvalue weighted by atomic mass is 9.85. The van der Waals surface area contributed by atoms with Gasteiger partial charge in [-0.25, -0.2) is 0 Å². The van der Waals surface area contributed by atoms with Gasteiger partial charge in [-0.15, -0.1) is 0 Å². The second-order valence-corrected chi connectivity index (χ2v) is 4.70. The minimum absolute atomic E-state index is 0.0905. The van der Waals surface area contributed by atoms with E-state index in [0.717, 1.165) is 11.3 Å². The van der Waals surface area contributed by atoms with E-state index in [0.29, 0.717) is 13.0 Å². The Labute approximate surface area is 118 Å². The summed E-state index contributed by atoms with van der Waals surface area (Å²) in [6.07, 6.45) is 0.442. The smallest absolute Gasteiger partial charge is 0.233 e. The van der Waals surface area contributed by atoms with Crippen LogP contribution in [0.15, 0.2) is 29.4 Å². The normalized spacial score (nSPS) is 14.4. The number of oxime groups is 1. The summed E-state index contributed by atoms with van der Waals surface area (Å²) in [5, 5.41) is 14.5.